The molecule has 114 valence electrons. The fourth-order valence-electron chi connectivity index (χ4n) is 2.22. The van der Waals surface area contributed by atoms with Crippen LogP contribution in [0.4, 0.5) is 0 Å². The first-order valence-corrected chi connectivity index (χ1v) is 8.78. The van der Waals surface area contributed by atoms with E-state index in [1.807, 2.05) is 38.1 Å². The van der Waals surface area contributed by atoms with Crippen LogP contribution in [0.15, 0.2) is 24.3 Å². The molecule has 0 aliphatic carbocycles. The van der Waals surface area contributed by atoms with Gasteiger partial charge in [0.15, 0.2) is 0 Å². The van der Waals surface area contributed by atoms with Crippen molar-refractivity contribution in [1.82, 2.24) is 0 Å². The molecule has 1 rings (SSSR count). The third-order valence-electron chi connectivity index (χ3n) is 3.86. The molecule has 0 atom stereocenters. The second-order valence-corrected chi connectivity index (χ2v) is 6.92. The van der Waals surface area contributed by atoms with Crippen LogP contribution in [0.3, 0.4) is 0 Å². The lowest BCUT2D eigenvalue weighted by Gasteiger charge is -2.30. The average Bonchev–Trinajstić information content (AvgIpc) is 2.42. The molecule has 0 aliphatic heterocycles. The van der Waals surface area contributed by atoms with Gasteiger partial charge in [-0.25, -0.2) is 13.6 Å². The van der Waals surface area contributed by atoms with Crippen LogP contribution in [0.25, 0.3) is 0 Å². The van der Waals surface area contributed by atoms with Gasteiger partial charge in [0, 0.05) is 5.41 Å². The van der Waals surface area contributed by atoms with Crippen molar-refractivity contribution in [3.63, 3.8) is 0 Å². The summed E-state index contributed by atoms with van der Waals surface area (Å²) in [6.45, 7) is 6.40. The number of hydrogen-bond acceptors (Lipinski definition) is 3. The first-order chi connectivity index (χ1) is 9.34. The summed E-state index contributed by atoms with van der Waals surface area (Å²) in [6, 6.07) is 7.89. The maximum absolute atomic E-state index is 11.4. The van der Waals surface area contributed by atoms with Crippen molar-refractivity contribution in [2.45, 2.75) is 40.0 Å². The van der Waals surface area contributed by atoms with Gasteiger partial charge in [-0.3, -0.25) is 0 Å². The fourth-order valence-corrected chi connectivity index (χ4v) is 3.56. The average molecular weight is 299 g/mol. The Morgan fingerprint density at radius 2 is 1.85 bits per heavy atom. The summed E-state index contributed by atoms with van der Waals surface area (Å²) in [5.74, 6) is 0.741. The summed E-state index contributed by atoms with van der Waals surface area (Å²) in [6.07, 6.45) is 2.38. The lowest BCUT2D eigenvalue weighted by molar-refractivity contribution is 0.154. The molecule has 0 aliphatic rings. The zero-order chi connectivity index (χ0) is 15.2. The number of benzene rings is 1. The van der Waals surface area contributed by atoms with Gasteiger partial charge in [-0.2, -0.15) is 0 Å². The molecule has 0 amide bonds. The second-order valence-electron chi connectivity index (χ2n) is 5.30. The molecule has 20 heavy (non-hydrogen) atoms. The minimum absolute atomic E-state index is 0.0412. The van der Waals surface area contributed by atoms with Crippen molar-refractivity contribution in [2.24, 2.45) is 10.6 Å². The lowest BCUT2D eigenvalue weighted by atomic mass is 9.85. The molecule has 0 saturated carbocycles. The zero-order valence-corrected chi connectivity index (χ0v) is 13.4. The molecular weight excluding hydrogens is 274 g/mol. The minimum atomic E-state index is -3.50. The van der Waals surface area contributed by atoms with Gasteiger partial charge in [0.05, 0.1) is 12.4 Å². The molecule has 0 unspecified atom stereocenters. The first-order valence-electron chi connectivity index (χ1n) is 7.06. The normalized spacial score (nSPS) is 12.4. The van der Waals surface area contributed by atoms with Gasteiger partial charge >= 0.3 is 0 Å². The molecule has 5 heteroatoms. The quantitative estimate of drug-likeness (QED) is 0.802. The van der Waals surface area contributed by atoms with Crippen LogP contribution in [-0.4, -0.2) is 20.8 Å². The number of aryl methyl sites for hydroxylation is 1. The van der Waals surface area contributed by atoms with Gasteiger partial charge in [-0.05, 0) is 37.0 Å². The van der Waals surface area contributed by atoms with Crippen molar-refractivity contribution >= 4 is 10.0 Å². The Balaban J connectivity index is 2.81. The Morgan fingerprint density at radius 1 is 1.20 bits per heavy atom. The maximum atomic E-state index is 11.4. The van der Waals surface area contributed by atoms with E-state index in [0.717, 1.165) is 12.2 Å². The lowest BCUT2D eigenvalue weighted by Crippen LogP contribution is -2.37. The third-order valence-corrected chi connectivity index (χ3v) is 4.87. The molecule has 4 nitrogen and oxygen atoms in total. The van der Waals surface area contributed by atoms with E-state index >= 15 is 0 Å². The van der Waals surface area contributed by atoms with Crippen molar-refractivity contribution in [3.8, 4) is 5.75 Å². The molecule has 0 fully saturated rings. The van der Waals surface area contributed by atoms with Crippen LogP contribution < -0.4 is 9.88 Å². The van der Waals surface area contributed by atoms with E-state index in [2.05, 4.69) is 6.92 Å². The molecule has 0 spiro atoms. The largest absolute Gasteiger partial charge is 0.493 e. The van der Waals surface area contributed by atoms with Crippen molar-refractivity contribution in [1.29, 1.82) is 0 Å². The summed E-state index contributed by atoms with van der Waals surface area (Å²) in [5.41, 5.74) is 0.781. The van der Waals surface area contributed by atoms with E-state index in [0.29, 0.717) is 19.4 Å². The Kier molecular flexibility index (Phi) is 6.02. The Hall–Kier alpha value is -1.07. The maximum Gasteiger partial charge on any atom is 0.209 e. The molecule has 0 bridgehead atoms. The number of ether oxygens (including phenoxy) is 1. The van der Waals surface area contributed by atoms with E-state index in [9.17, 15) is 8.42 Å². The van der Waals surface area contributed by atoms with Crippen molar-refractivity contribution in [2.75, 3.05) is 12.4 Å². The SMILES string of the molecule is CCc1cccc(OCC(CC)(CC)CS(N)(=O)=O)c1. The zero-order valence-electron chi connectivity index (χ0n) is 12.6. The number of hydrogen-bond donors (Lipinski definition) is 1. The summed E-state index contributed by atoms with van der Waals surface area (Å²) < 4.78 is 28.6. The monoisotopic (exact) mass is 299 g/mol. The molecule has 1 aromatic carbocycles. The highest BCUT2D eigenvalue weighted by Crippen LogP contribution is 2.29. The minimum Gasteiger partial charge on any atom is -0.493 e. The number of nitrogens with two attached hydrogens (primary N) is 1. The van der Waals surface area contributed by atoms with Crippen LogP contribution >= 0.6 is 0 Å². The standard InChI is InChI=1S/C15H25NO3S/c1-4-13-8-7-9-14(10-13)19-11-15(5-2,6-3)12-20(16,17)18/h7-10H,4-6,11-12H2,1-3H3,(H2,16,17,18). The molecule has 0 saturated heterocycles. The van der Waals surface area contributed by atoms with E-state index in [4.69, 9.17) is 9.88 Å². The predicted octanol–water partition coefficient (Wildman–Crippen LogP) is 2.72. The van der Waals surface area contributed by atoms with E-state index in [-0.39, 0.29) is 5.75 Å². The third kappa shape index (κ3) is 5.13. The van der Waals surface area contributed by atoms with Gasteiger partial charge in [-0.1, -0.05) is 32.9 Å². The number of primary sulfonamides is 1. The first kappa shape index (κ1) is 17.0. The fraction of sp³-hybridized carbons (Fsp3) is 0.600. The van der Waals surface area contributed by atoms with Gasteiger partial charge in [0.1, 0.15) is 5.75 Å². The van der Waals surface area contributed by atoms with Gasteiger partial charge < -0.3 is 4.74 Å². The van der Waals surface area contributed by atoms with Gasteiger partial charge in [-0.15, -0.1) is 0 Å². The number of sulfonamides is 1. The Morgan fingerprint density at radius 3 is 2.35 bits per heavy atom. The smallest absolute Gasteiger partial charge is 0.209 e. The second kappa shape index (κ2) is 7.09. The highest BCUT2D eigenvalue weighted by Gasteiger charge is 2.32. The van der Waals surface area contributed by atoms with E-state index in [1.165, 1.54) is 5.56 Å². The topological polar surface area (TPSA) is 69.4 Å². The van der Waals surface area contributed by atoms with E-state index < -0.39 is 15.4 Å². The van der Waals surface area contributed by atoms with Crippen LogP contribution in [0, 0.1) is 5.41 Å². The van der Waals surface area contributed by atoms with E-state index in [1.54, 1.807) is 0 Å². The molecule has 0 radical (unpaired) electrons. The summed E-state index contributed by atoms with van der Waals surface area (Å²) >= 11 is 0. The molecule has 1 aromatic rings. The van der Waals surface area contributed by atoms with Crippen LogP contribution in [0.5, 0.6) is 5.75 Å². The molecular formula is C15H25NO3S. The van der Waals surface area contributed by atoms with Crippen molar-refractivity contribution in [3.05, 3.63) is 29.8 Å². The van der Waals surface area contributed by atoms with Gasteiger partial charge in [0.2, 0.25) is 10.0 Å². The Bertz CT molecular complexity index is 522. The predicted molar refractivity (Wildman–Crippen MR) is 82.3 cm³/mol. The summed E-state index contributed by atoms with van der Waals surface area (Å²) in [7, 11) is -3.50. The van der Waals surface area contributed by atoms with Crippen LogP contribution in [0.2, 0.25) is 0 Å². The molecule has 2 N–H and O–H groups in total. The van der Waals surface area contributed by atoms with Gasteiger partial charge in [0.25, 0.3) is 0 Å². The summed E-state index contributed by atoms with van der Waals surface area (Å²) in [5, 5.41) is 5.20. The molecule has 0 heterocycles. The van der Waals surface area contributed by atoms with Crippen molar-refractivity contribution < 1.29 is 13.2 Å². The van der Waals surface area contributed by atoms with Crippen LogP contribution in [0.1, 0.15) is 39.2 Å². The van der Waals surface area contributed by atoms with Crippen LogP contribution in [-0.2, 0) is 16.4 Å². The highest BCUT2D eigenvalue weighted by molar-refractivity contribution is 7.89. The number of rotatable bonds is 8. The Labute approximate surface area is 122 Å². The highest BCUT2D eigenvalue weighted by atomic mass is 32.2. The summed E-state index contributed by atoms with van der Waals surface area (Å²) in [4.78, 5) is 0. The molecule has 0 aromatic heterocycles.